The normalized spacial score (nSPS) is 10.5. The Labute approximate surface area is 156 Å². The molecule has 0 bridgehead atoms. The van der Waals surface area contributed by atoms with Gasteiger partial charge < -0.3 is 11.1 Å². The number of nitrogens with one attached hydrogen (secondary N) is 1. The molecule has 6 nitrogen and oxygen atoms in total. The summed E-state index contributed by atoms with van der Waals surface area (Å²) in [7, 11) is 0. The van der Waals surface area contributed by atoms with Gasteiger partial charge in [-0.05, 0) is 40.2 Å². The predicted octanol–water partition coefficient (Wildman–Crippen LogP) is 3.64. The first-order chi connectivity index (χ1) is 12.0. The van der Waals surface area contributed by atoms with Crippen molar-refractivity contribution in [1.82, 2.24) is 9.78 Å². The van der Waals surface area contributed by atoms with Gasteiger partial charge in [-0.3, -0.25) is 9.59 Å². The van der Waals surface area contributed by atoms with Gasteiger partial charge in [0.15, 0.2) is 11.5 Å². The standard InChI is InChI=1S/C17H12BrClN4O2/c18-13-14(15(20)24)22-23(10-6-2-1-3-7-10)16(13)21-17(25)11-8-4-5-9-12(11)19/h1-9H,(H2,20,24)(H,21,25). The van der Waals surface area contributed by atoms with Crippen LogP contribution in [-0.2, 0) is 0 Å². The lowest BCUT2D eigenvalue weighted by atomic mass is 10.2. The molecule has 3 aromatic rings. The second-order valence-corrected chi connectivity index (χ2v) is 6.26. The molecule has 126 valence electrons. The number of amides is 2. The molecule has 1 aromatic heterocycles. The number of benzene rings is 2. The summed E-state index contributed by atoms with van der Waals surface area (Å²) in [6.07, 6.45) is 0. The van der Waals surface area contributed by atoms with Crippen LogP contribution in [0.1, 0.15) is 20.8 Å². The monoisotopic (exact) mass is 418 g/mol. The average Bonchev–Trinajstić information content (AvgIpc) is 2.93. The van der Waals surface area contributed by atoms with Crippen molar-refractivity contribution < 1.29 is 9.59 Å². The number of carbonyl (C=O) groups excluding carboxylic acids is 2. The number of para-hydroxylation sites is 1. The van der Waals surface area contributed by atoms with Crippen LogP contribution in [0.25, 0.3) is 5.69 Å². The van der Waals surface area contributed by atoms with E-state index in [0.29, 0.717) is 20.7 Å². The maximum absolute atomic E-state index is 12.6. The molecule has 25 heavy (non-hydrogen) atoms. The minimum Gasteiger partial charge on any atom is -0.364 e. The zero-order valence-corrected chi connectivity index (χ0v) is 15.1. The van der Waals surface area contributed by atoms with E-state index in [1.807, 2.05) is 18.2 Å². The van der Waals surface area contributed by atoms with Crippen LogP contribution in [0.15, 0.2) is 59.1 Å². The fourth-order valence-corrected chi connectivity index (χ4v) is 3.00. The van der Waals surface area contributed by atoms with E-state index >= 15 is 0 Å². The zero-order valence-electron chi connectivity index (χ0n) is 12.7. The third-order valence-electron chi connectivity index (χ3n) is 3.41. The van der Waals surface area contributed by atoms with Crippen molar-refractivity contribution >= 4 is 45.2 Å². The Morgan fingerprint density at radius 1 is 1.08 bits per heavy atom. The number of nitrogens with two attached hydrogens (primary N) is 1. The second kappa shape index (κ2) is 7.08. The minimum absolute atomic E-state index is 0.0123. The molecule has 8 heteroatoms. The fraction of sp³-hybridized carbons (Fsp3) is 0. The van der Waals surface area contributed by atoms with Crippen molar-refractivity contribution in [1.29, 1.82) is 0 Å². The number of nitrogens with zero attached hydrogens (tertiary/aromatic N) is 2. The number of hydrogen-bond donors (Lipinski definition) is 2. The van der Waals surface area contributed by atoms with Crippen molar-refractivity contribution in [3.05, 3.63) is 75.4 Å². The summed E-state index contributed by atoms with van der Waals surface area (Å²) < 4.78 is 1.73. The Morgan fingerprint density at radius 3 is 2.36 bits per heavy atom. The van der Waals surface area contributed by atoms with E-state index in [1.165, 1.54) is 4.68 Å². The lowest BCUT2D eigenvalue weighted by Crippen LogP contribution is -2.16. The lowest BCUT2D eigenvalue weighted by molar-refractivity contribution is 0.0992. The molecule has 0 unspecified atom stereocenters. The summed E-state index contributed by atoms with van der Waals surface area (Å²) in [4.78, 5) is 24.2. The zero-order chi connectivity index (χ0) is 18.0. The van der Waals surface area contributed by atoms with Gasteiger partial charge in [0.2, 0.25) is 0 Å². The topological polar surface area (TPSA) is 90.0 Å². The summed E-state index contributed by atoms with van der Waals surface area (Å²) in [6, 6.07) is 15.7. The van der Waals surface area contributed by atoms with E-state index in [2.05, 4.69) is 26.3 Å². The van der Waals surface area contributed by atoms with Crippen LogP contribution in [0.2, 0.25) is 5.02 Å². The van der Waals surface area contributed by atoms with Gasteiger partial charge in [0.1, 0.15) is 0 Å². The van der Waals surface area contributed by atoms with E-state index in [-0.39, 0.29) is 11.5 Å². The third-order valence-corrected chi connectivity index (χ3v) is 4.49. The maximum atomic E-state index is 12.6. The van der Waals surface area contributed by atoms with Gasteiger partial charge in [-0.25, -0.2) is 4.68 Å². The first kappa shape index (κ1) is 17.2. The second-order valence-electron chi connectivity index (χ2n) is 5.06. The molecule has 0 aliphatic heterocycles. The Hall–Kier alpha value is -2.64. The van der Waals surface area contributed by atoms with Gasteiger partial charge in [-0.2, -0.15) is 5.10 Å². The molecule has 3 rings (SSSR count). The molecule has 0 saturated heterocycles. The highest BCUT2D eigenvalue weighted by atomic mass is 79.9. The Balaban J connectivity index is 2.07. The van der Waals surface area contributed by atoms with Crippen LogP contribution in [0.5, 0.6) is 0 Å². The van der Waals surface area contributed by atoms with E-state index in [9.17, 15) is 9.59 Å². The first-order valence-corrected chi connectivity index (χ1v) is 8.35. The highest BCUT2D eigenvalue weighted by Crippen LogP contribution is 2.30. The number of carbonyl (C=O) groups is 2. The van der Waals surface area contributed by atoms with Gasteiger partial charge >= 0.3 is 0 Å². The number of halogens is 2. The van der Waals surface area contributed by atoms with Gasteiger partial charge in [0, 0.05) is 0 Å². The van der Waals surface area contributed by atoms with Crippen molar-refractivity contribution in [2.45, 2.75) is 0 Å². The van der Waals surface area contributed by atoms with Gasteiger partial charge in [-0.1, -0.05) is 41.9 Å². The van der Waals surface area contributed by atoms with Crippen LogP contribution < -0.4 is 11.1 Å². The summed E-state index contributed by atoms with van der Waals surface area (Å²) in [5, 5.41) is 7.25. The van der Waals surface area contributed by atoms with Crippen molar-refractivity contribution in [3.63, 3.8) is 0 Å². The number of anilines is 1. The quantitative estimate of drug-likeness (QED) is 0.676. The number of hydrogen-bond acceptors (Lipinski definition) is 3. The molecule has 3 N–H and O–H groups in total. The molecule has 0 spiro atoms. The molecule has 0 radical (unpaired) electrons. The Kier molecular flexibility index (Phi) is 4.87. The van der Waals surface area contributed by atoms with Gasteiger partial charge in [-0.15, -0.1) is 0 Å². The van der Waals surface area contributed by atoms with Gasteiger partial charge in [0.25, 0.3) is 11.8 Å². The molecule has 2 aromatic carbocycles. The van der Waals surface area contributed by atoms with E-state index < -0.39 is 11.8 Å². The Morgan fingerprint density at radius 2 is 1.72 bits per heavy atom. The summed E-state index contributed by atoms with van der Waals surface area (Å²) in [6.45, 7) is 0. The average molecular weight is 420 g/mol. The van der Waals surface area contributed by atoms with E-state index in [4.69, 9.17) is 17.3 Å². The molecule has 2 amide bonds. The maximum Gasteiger partial charge on any atom is 0.270 e. The SMILES string of the molecule is NC(=O)c1nn(-c2ccccc2)c(NC(=O)c2ccccc2Cl)c1Br. The van der Waals surface area contributed by atoms with Crippen LogP contribution >= 0.6 is 27.5 Å². The number of primary amides is 1. The highest BCUT2D eigenvalue weighted by molar-refractivity contribution is 9.10. The number of rotatable bonds is 4. The van der Waals surface area contributed by atoms with Crippen molar-refractivity contribution in [3.8, 4) is 5.69 Å². The Bertz CT molecular complexity index is 957. The van der Waals surface area contributed by atoms with Crippen LogP contribution in [0.4, 0.5) is 5.82 Å². The minimum atomic E-state index is -0.713. The summed E-state index contributed by atoms with van der Waals surface area (Å²) in [5.74, 6) is -0.862. The molecule has 0 saturated carbocycles. The summed E-state index contributed by atoms with van der Waals surface area (Å²) >= 11 is 9.36. The highest BCUT2D eigenvalue weighted by Gasteiger charge is 2.23. The molecular weight excluding hydrogens is 408 g/mol. The molecule has 0 fully saturated rings. The van der Waals surface area contributed by atoms with Gasteiger partial charge in [0.05, 0.1) is 20.7 Å². The van der Waals surface area contributed by atoms with Crippen molar-refractivity contribution in [2.75, 3.05) is 5.32 Å². The molecule has 1 heterocycles. The predicted molar refractivity (Wildman–Crippen MR) is 99.2 cm³/mol. The largest absolute Gasteiger partial charge is 0.364 e. The molecule has 0 aliphatic rings. The molecular formula is C17H12BrClN4O2. The van der Waals surface area contributed by atoms with Crippen LogP contribution in [0, 0.1) is 0 Å². The van der Waals surface area contributed by atoms with Crippen molar-refractivity contribution in [2.24, 2.45) is 5.73 Å². The third kappa shape index (κ3) is 3.42. The lowest BCUT2D eigenvalue weighted by Gasteiger charge is -2.10. The smallest absolute Gasteiger partial charge is 0.270 e. The molecule has 0 atom stereocenters. The van der Waals surface area contributed by atoms with Crippen LogP contribution in [0.3, 0.4) is 0 Å². The van der Waals surface area contributed by atoms with E-state index in [1.54, 1.807) is 36.4 Å². The van der Waals surface area contributed by atoms with E-state index in [0.717, 1.165) is 0 Å². The number of aromatic nitrogens is 2. The van der Waals surface area contributed by atoms with Crippen LogP contribution in [-0.4, -0.2) is 21.6 Å². The first-order valence-electron chi connectivity index (χ1n) is 7.18. The summed E-state index contributed by atoms with van der Waals surface area (Å²) in [5.41, 5.74) is 6.34. The molecule has 0 aliphatic carbocycles. The fourth-order valence-electron chi connectivity index (χ4n) is 2.24.